The van der Waals surface area contributed by atoms with E-state index in [1.165, 1.54) is 29.4 Å². The Morgan fingerprint density at radius 2 is 1.86 bits per heavy atom. The molecule has 0 spiro atoms. The molecule has 35 heavy (non-hydrogen) atoms. The van der Waals surface area contributed by atoms with Crippen LogP contribution in [0.2, 0.25) is 10.0 Å². The first-order valence-corrected chi connectivity index (χ1v) is 14.2. The standard InChI is InChI=1S/C25H32Cl2FN3O3S/c1-17-4-6-18(7-5-17)16-30(2)24(32)25(28,19-8-9-21(26)22(27)14-19)11-13-31-12-10-20(15-23(31)29)35(3,33)34/h4-9,14,20,23H,10-13,15-16,29H2,1-3H3. The summed E-state index contributed by atoms with van der Waals surface area (Å²) in [6.07, 6.45) is 1.19. The normalized spacial score (nSPS) is 20.9. The maximum atomic E-state index is 16.7. The highest BCUT2D eigenvalue weighted by Crippen LogP contribution is 2.37. The van der Waals surface area contributed by atoms with Crippen molar-refractivity contribution in [3.05, 3.63) is 69.2 Å². The number of nitrogens with two attached hydrogens (primary N) is 1. The van der Waals surface area contributed by atoms with Crippen molar-refractivity contribution in [2.24, 2.45) is 5.73 Å². The number of hydrogen-bond donors (Lipinski definition) is 1. The number of sulfone groups is 1. The molecule has 0 aliphatic carbocycles. The van der Waals surface area contributed by atoms with Crippen molar-refractivity contribution in [3.63, 3.8) is 0 Å². The number of likely N-dealkylation sites (tertiary alicyclic amines) is 1. The Kier molecular flexibility index (Phi) is 8.86. The van der Waals surface area contributed by atoms with Crippen molar-refractivity contribution in [1.29, 1.82) is 0 Å². The Labute approximate surface area is 217 Å². The van der Waals surface area contributed by atoms with Crippen LogP contribution in [0.25, 0.3) is 0 Å². The molecule has 1 aliphatic heterocycles. The summed E-state index contributed by atoms with van der Waals surface area (Å²) in [6.45, 7) is 2.80. The number of aryl methyl sites for hydroxylation is 1. The average molecular weight is 545 g/mol. The third-order valence-corrected chi connectivity index (χ3v) is 9.04. The van der Waals surface area contributed by atoms with Gasteiger partial charge >= 0.3 is 0 Å². The van der Waals surface area contributed by atoms with Gasteiger partial charge in [0.05, 0.1) is 21.5 Å². The Morgan fingerprint density at radius 1 is 1.20 bits per heavy atom. The molecule has 1 heterocycles. The van der Waals surface area contributed by atoms with E-state index in [-0.39, 0.29) is 41.5 Å². The smallest absolute Gasteiger partial charge is 0.265 e. The van der Waals surface area contributed by atoms with Crippen molar-refractivity contribution in [2.45, 2.75) is 49.8 Å². The van der Waals surface area contributed by atoms with Crippen LogP contribution in [0.3, 0.4) is 0 Å². The summed E-state index contributed by atoms with van der Waals surface area (Å²) < 4.78 is 40.6. The first-order chi connectivity index (χ1) is 16.3. The van der Waals surface area contributed by atoms with E-state index >= 15 is 4.39 Å². The highest BCUT2D eigenvalue weighted by atomic mass is 35.5. The van der Waals surface area contributed by atoms with Crippen LogP contribution >= 0.6 is 23.2 Å². The Balaban J connectivity index is 1.82. The number of carbonyl (C=O) groups is 1. The lowest BCUT2D eigenvalue weighted by Gasteiger charge is -2.38. The Bertz CT molecular complexity index is 1160. The molecule has 1 fully saturated rings. The zero-order chi connectivity index (χ0) is 26.0. The molecular weight excluding hydrogens is 512 g/mol. The van der Waals surface area contributed by atoms with Gasteiger partial charge in [-0.15, -0.1) is 0 Å². The monoisotopic (exact) mass is 543 g/mol. The van der Waals surface area contributed by atoms with Gasteiger partial charge in [0.25, 0.3) is 5.91 Å². The second-order valence-electron chi connectivity index (χ2n) is 9.41. The minimum absolute atomic E-state index is 0.118. The molecule has 0 saturated carbocycles. The lowest BCUT2D eigenvalue weighted by atomic mass is 9.89. The molecule has 3 atom stereocenters. The molecule has 1 amide bonds. The molecule has 1 aliphatic rings. The third kappa shape index (κ3) is 6.74. The van der Waals surface area contributed by atoms with Crippen molar-refractivity contribution in [2.75, 3.05) is 26.4 Å². The molecule has 0 radical (unpaired) electrons. The van der Waals surface area contributed by atoms with E-state index in [9.17, 15) is 13.2 Å². The molecule has 3 rings (SSSR count). The first-order valence-electron chi connectivity index (χ1n) is 11.5. The zero-order valence-corrected chi connectivity index (χ0v) is 22.5. The van der Waals surface area contributed by atoms with Crippen LogP contribution in [0.5, 0.6) is 0 Å². The highest BCUT2D eigenvalue weighted by Gasteiger charge is 2.44. The van der Waals surface area contributed by atoms with Crippen LogP contribution < -0.4 is 5.73 Å². The maximum absolute atomic E-state index is 16.7. The SMILES string of the molecule is Cc1ccc(CN(C)C(=O)C(F)(CCN2CCC(S(C)(=O)=O)CC2N)c2ccc(Cl)c(Cl)c2)cc1. The second-order valence-corrected chi connectivity index (χ2v) is 12.5. The summed E-state index contributed by atoms with van der Waals surface area (Å²) >= 11 is 12.2. The molecule has 1 saturated heterocycles. The van der Waals surface area contributed by atoms with Gasteiger partial charge in [0.15, 0.2) is 0 Å². The molecule has 0 bridgehead atoms. The number of nitrogens with zero attached hydrogens (tertiary/aromatic N) is 2. The van der Waals surface area contributed by atoms with E-state index in [1.54, 1.807) is 7.05 Å². The van der Waals surface area contributed by atoms with E-state index in [0.717, 1.165) is 11.1 Å². The molecule has 6 nitrogen and oxygen atoms in total. The Morgan fingerprint density at radius 3 is 2.43 bits per heavy atom. The van der Waals surface area contributed by atoms with E-state index in [4.69, 9.17) is 28.9 Å². The summed E-state index contributed by atoms with van der Waals surface area (Å²) in [5.74, 6) is -0.698. The predicted octanol–water partition coefficient (Wildman–Crippen LogP) is 4.31. The van der Waals surface area contributed by atoms with Gasteiger partial charge in [-0.1, -0.05) is 59.1 Å². The lowest BCUT2D eigenvalue weighted by Crippen LogP contribution is -2.52. The fraction of sp³-hybridized carbons (Fsp3) is 0.480. The van der Waals surface area contributed by atoms with Crippen LogP contribution in [-0.4, -0.2) is 61.9 Å². The molecule has 192 valence electrons. The molecule has 2 aromatic carbocycles. The Hall–Kier alpha value is -1.71. The summed E-state index contributed by atoms with van der Waals surface area (Å²) in [6, 6.07) is 12.0. The number of likely N-dealkylation sites (N-methyl/N-ethyl adjacent to an activating group) is 1. The number of amides is 1. The zero-order valence-electron chi connectivity index (χ0n) is 20.2. The number of alkyl halides is 1. The van der Waals surface area contributed by atoms with E-state index in [0.29, 0.717) is 13.0 Å². The molecule has 2 aromatic rings. The van der Waals surface area contributed by atoms with Gasteiger partial charge in [-0.2, -0.15) is 0 Å². The van der Waals surface area contributed by atoms with Gasteiger partial charge in [0.2, 0.25) is 5.67 Å². The number of piperidine rings is 1. The number of hydrogen-bond acceptors (Lipinski definition) is 5. The van der Waals surface area contributed by atoms with Crippen LogP contribution in [-0.2, 0) is 26.8 Å². The number of carbonyl (C=O) groups excluding carboxylic acids is 1. The van der Waals surface area contributed by atoms with Crippen LogP contribution in [0.4, 0.5) is 4.39 Å². The largest absolute Gasteiger partial charge is 0.338 e. The van der Waals surface area contributed by atoms with Gasteiger partial charge in [0, 0.05) is 44.9 Å². The third-order valence-electron chi connectivity index (χ3n) is 6.66. The number of benzene rings is 2. The van der Waals surface area contributed by atoms with Crippen molar-refractivity contribution < 1.29 is 17.6 Å². The van der Waals surface area contributed by atoms with Crippen molar-refractivity contribution in [3.8, 4) is 0 Å². The minimum Gasteiger partial charge on any atom is -0.338 e. The first kappa shape index (κ1) is 27.9. The molecule has 2 N–H and O–H groups in total. The van der Waals surface area contributed by atoms with Gasteiger partial charge in [-0.3, -0.25) is 9.69 Å². The summed E-state index contributed by atoms with van der Waals surface area (Å²) in [7, 11) is -1.64. The van der Waals surface area contributed by atoms with E-state index < -0.39 is 32.8 Å². The van der Waals surface area contributed by atoms with E-state index in [2.05, 4.69) is 0 Å². The van der Waals surface area contributed by atoms with Crippen LogP contribution in [0.15, 0.2) is 42.5 Å². The van der Waals surface area contributed by atoms with Gasteiger partial charge in [-0.25, -0.2) is 12.8 Å². The molecule has 10 heteroatoms. The second kappa shape index (κ2) is 11.1. The average Bonchev–Trinajstić information content (AvgIpc) is 2.80. The van der Waals surface area contributed by atoms with Crippen molar-refractivity contribution >= 4 is 38.9 Å². The maximum Gasteiger partial charge on any atom is 0.265 e. The topological polar surface area (TPSA) is 83.7 Å². The molecular formula is C25H32Cl2FN3O3S. The minimum atomic E-state index is -3.20. The summed E-state index contributed by atoms with van der Waals surface area (Å²) in [5.41, 5.74) is 5.95. The summed E-state index contributed by atoms with van der Waals surface area (Å²) in [4.78, 5) is 16.7. The van der Waals surface area contributed by atoms with Crippen molar-refractivity contribution in [1.82, 2.24) is 9.80 Å². The fourth-order valence-electron chi connectivity index (χ4n) is 4.44. The van der Waals surface area contributed by atoms with Crippen LogP contribution in [0.1, 0.15) is 36.0 Å². The highest BCUT2D eigenvalue weighted by molar-refractivity contribution is 7.91. The lowest BCUT2D eigenvalue weighted by molar-refractivity contribution is -0.145. The fourth-order valence-corrected chi connectivity index (χ4v) is 5.81. The number of rotatable bonds is 8. The quantitative estimate of drug-likeness (QED) is 0.536. The summed E-state index contributed by atoms with van der Waals surface area (Å²) in [5, 5.41) is -0.0878. The van der Waals surface area contributed by atoms with E-state index in [1.807, 2.05) is 36.1 Å². The van der Waals surface area contributed by atoms with Gasteiger partial charge in [0.1, 0.15) is 9.84 Å². The molecule has 0 aromatic heterocycles. The molecule has 3 unspecified atom stereocenters. The number of halogens is 3. The van der Waals surface area contributed by atoms with Crippen LogP contribution in [0, 0.1) is 6.92 Å². The predicted molar refractivity (Wildman–Crippen MR) is 139 cm³/mol. The van der Waals surface area contributed by atoms with Gasteiger partial charge < -0.3 is 10.6 Å². The van der Waals surface area contributed by atoms with Gasteiger partial charge in [-0.05, 0) is 37.5 Å².